The molecular formula is C24H26N4O7S. The molecule has 4 rings (SSSR count). The number of para-hydroxylation sites is 1. The van der Waals surface area contributed by atoms with Crippen molar-refractivity contribution in [2.24, 2.45) is 0 Å². The van der Waals surface area contributed by atoms with E-state index in [0.717, 1.165) is 11.3 Å². The molecular weight excluding hydrogens is 488 g/mol. The Morgan fingerprint density at radius 2 is 1.97 bits per heavy atom. The molecule has 1 unspecified atom stereocenters. The summed E-state index contributed by atoms with van der Waals surface area (Å²) in [6.45, 7) is 6.28. The molecule has 11 nitrogen and oxygen atoms in total. The summed E-state index contributed by atoms with van der Waals surface area (Å²) in [4.78, 5) is 47.9. The number of ether oxygens (including phenoxy) is 2. The van der Waals surface area contributed by atoms with E-state index in [1.54, 1.807) is 6.07 Å². The molecule has 0 aliphatic heterocycles. The summed E-state index contributed by atoms with van der Waals surface area (Å²) in [5.41, 5.74) is -2.82. The average Bonchev–Trinajstić information content (AvgIpc) is 3.51. The van der Waals surface area contributed by atoms with Crippen LogP contribution < -0.4 is 16.0 Å². The molecule has 0 radical (unpaired) electrons. The molecule has 0 saturated carbocycles. The van der Waals surface area contributed by atoms with Crippen LogP contribution in [0.3, 0.4) is 0 Å². The third kappa shape index (κ3) is 4.44. The Balaban J connectivity index is 2.01. The van der Waals surface area contributed by atoms with Crippen molar-refractivity contribution in [2.45, 2.75) is 52.0 Å². The number of carboxylic acids is 1. The van der Waals surface area contributed by atoms with Gasteiger partial charge in [-0.3, -0.25) is 9.36 Å². The number of hydrogen-bond acceptors (Lipinski definition) is 9. The fourth-order valence-electron chi connectivity index (χ4n) is 3.85. The average molecular weight is 515 g/mol. The number of methoxy groups -OCH3 is 1. The molecule has 0 spiro atoms. The van der Waals surface area contributed by atoms with Gasteiger partial charge in [-0.1, -0.05) is 29.5 Å². The number of benzene rings is 1. The van der Waals surface area contributed by atoms with Crippen LogP contribution in [0.1, 0.15) is 39.4 Å². The quantitative estimate of drug-likeness (QED) is 0.356. The van der Waals surface area contributed by atoms with E-state index < -0.39 is 28.9 Å². The number of nitrogens with zero attached hydrogens (tertiary/aromatic N) is 4. The molecule has 1 N–H and O–H groups in total. The van der Waals surface area contributed by atoms with Crippen molar-refractivity contribution in [3.8, 4) is 16.6 Å². The first-order valence-corrected chi connectivity index (χ1v) is 12.0. The highest BCUT2D eigenvalue weighted by molar-refractivity contribution is 7.21. The predicted molar refractivity (Wildman–Crippen MR) is 133 cm³/mol. The maximum atomic E-state index is 13.8. The second kappa shape index (κ2) is 9.70. The van der Waals surface area contributed by atoms with E-state index in [-0.39, 0.29) is 33.9 Å². The van der Waals surface area contributed by atoms with E-state index >= 15 is 0 Å². The zero-order chi connectivity index (χ0) is 26.2. The Kier molecular flexibility index (Phi) is 6.83. The van der Waals surface area contributed by atoms with Gasteiger partial charge in [0.15, 0.2) is 10.5 Å². The third-order valence-electron chi connectivity index (χ3n) is 5.65. The largest absolute Gasteiger partial charge is 0.496 e. The zero-order valence-electron chi connectivity index (χ0n) is 20.4. The summed E-state index contributed by atoms with van der Waals surface area (Å²) in [6, 6.07) is 7.26. The minimum absolute atomic E-state index is 0.0307. The van der Waals surface area contributed by atoms with Crippen LogP contribution in [0.25, 0.3) is 21.2 Å². The predicted octanol–water partition coefficient (Wildman–Crippen LogP) is 3.27. The highest BCUT2D eigenvalue weighted by Crippen LogP contribution is 2.32. The summed E-state index contributed by atoms with van der Waals surface area (Å²) in [6.07, 6.45) is 1.94. The first-order chi connectivity index (χ1) is 17.1. The Labute approximate surface area is 209 Å². The highest BCUT2D eigenvalue weighted by Gasteiger charge is 2.36. The summed E-state index contributed by atoms with van der Waals surface area (Å²) in [5.74, 6) is -0.592. The van der Waals surface area contributed by atoms with Crippen LogP contribution in [0.5, 0.6) is 5.75 Å². The Morgan fingerprint density at radius 3 is 2.58 bits per heavy atom. The second-order valence-electron chi connectivity index (χ2n) is 8.82. The van der Waals surface area contributed by atoms with E-state index in [4.69, 9.17) is 13.9 Å². The minimum atomic E-state index is -1.84. The van der Waals surface area contributed by atoms with Crippen LogP contribution in [0.15, 0.2) is 50.7 Å². The SMILES string of the molecule is COc1ccccc1C(Cn1c(=O)n(C(C)(C)C(=O)O)c(=O)c2nc(-c3ncco3)sc21)OC(C)C. The minimum Gasteiger partial charge on any atom is -0.496 e. The van der Waals surface area contributed by atoms with Crippen molar-refractivity contribution in [3.05, 3.63) is 63.1 Å². The van der Waals surface area contributed by atoms with Crippen LogP contribution >= 0.6 is 11.3 Å². The number of carbonyl (C=O) groups is 1. The maximum absolute atomic E-state index is 13.8. The lowest BCUT2D eigenvalue weighted by Crippen LogP contribution is -2.52. The Bertz CT molecular complexity index is 1520. The second-order valence-corrected chi connectivity index (χ2v) is 9.80. The number of fused-ring (bicyclic) bond motifs is 1. The Morgan fingerprint density at radius 1 is 1.25 bits per heavy atom. The normalized spacial score (nSPS) is 12.8. The number of oxazole rings is 1. The van der Waals surface area contributed by atoms with Crippen molar-refractivity contribution in [3.63, 3.8) is 0 Å². The molecule has 3 aromatic heterocycles. The van der Waals surface area contributed by atoms with Gasteiger partial charge < -0.3 is 19.0 Å². The summed E-state index contributed by atoms with van der Waals surface area (Å²) < 4.78 is 19.1. The number of aromatic nitrogens is 4. The highest BCUT2D eigenvalue weighted by atomic mass is 32.1. The van der Waals surface area contributed by atoms with Crippen LogP contribution in [-0.2, 0) is 21.6 Å². The van der Waals surface area contributed by atoms with Gasteiger partial charge in [0.05, 0.1) is 26.0 Å². The van der Waals surface area contributed by atoms with Gasteiger partial charge in [-0.25, -0.2) is 24.1 Å². The van der Waals surface area contributed by atoms with Crippen molar-refractivity contribution in [1.82, 2.24) is 19.1 Å². The molecule has 12 heteroatoms. The zero-order valence-corrected chi connectivity index (χ0v) is 21.2. The first kappa shape index (κ1) is 25.3. The smallest absolute Gasteiger partial charge is 0.333 e. The van der Waals surface area contributed by atoms with Crippen molar-refractivity contribution >= 4 is 27.7 Å². The molecule has 0 bridgehead atoms. The molecule has 0 aliphatic rings. The van der Waals surface area contributed by atoms with E-state index in [0.29, 0.717) is 15.9 Å². The topological polar surface area (TPSA) is 139 Å². The number of carboxylic acid groups (broad SMARTS) is 1. The van der Waals surface area contributed by atoms with E-state index in [1.165, 1.54) is 38.0 Å². The van der Waals surface area contributed by atoms with Crippen LogP contribution in [0.4, 0.5) is 0 Å². The molecule has 0 amide bonds. The lowest BCUT2D eigenvalue weighted by Gasteiger charge is -2.26. The fourth-order valence-corrected chi connectivity index (χ4v) is 4.85. The third-order valence-corrected chi connectivity index (χ3v) is 6.72. The number of hydrogen-bond donors (Lipinski definition) is 1. The van der Waals surface area contributed by atoms with Crippen molar-refractivity contribution in [1.29, 1.82) is 0 Å². The molecule has 3 heterocycles. The van der Waals surface area contributed by atoms with Gasteiger partial charge >= 0.3 is 11.7 Å². The van der Waals surface area contributed by atoms with Gasteiger partial charge in [-0.05, 0) is 33.8 Å². The summed E-state index contributed by atoms with van der Waals surface area (Å²) in [5, 5.41) is 10.1. The standard InChI is InChI=1S/C24H26N4O7S/c1-13(2)35-16(14-8-6-7-9-15(14)33-5)12-27-21-17(26-19(36-21)18-25-10-11-34-18)20(29)28(23(27)32)24(3,4)22(30)31/h6-11,13,16H,12H2,1-5H3,(H,30,31). The van der Waals surface area contributed by atoms with E-state index in [9.17, 15) is 19.5 Å². The monoisotopic (exact) mass is 514 g/mol. The first-order valence-electron chi connectivity index (χ1n) is 11.1. The van der Waals surface area contributed by atoms with Crippen LogP contribution in [-0.4, -0.2) is 43.4 Å². The molecule has 1 atom stereocenters. The molecule has 0 fully saturated rings. The molecule has 0 aliphatic carbocycles. The number of thiazole rings is 1. The summed E-state index contributed by atoms with van der Waals surface area (Å²) >= 11 is 1.05. The van der Waals surface area contributed by atoms with Crippen LogP contribution in [0.2, 0.25) is 0 Å². The van der Waals surface area contributed by atoms with Gasteiger partial charge in [-0.2, -0.15) is 0 Å². The maximum Gasteiger partial charge on any atom is 0.333 e. The fraction of sp³-hybridized carbons (Fsp3) is 0.375. The van der Waals surface area contributed by atoms with E-state index in [2.05, 4.69) is 9.97 Å². The van der Waals surface area contributed by atoms with Gasteiger partial charge in [0.25, 0.3) is 11.4 Å². The van der Waals surface area contributed by atoms with Gasteiger partial charge in [-0.15, -0.1) is 0 Å². The van der Waals surface area contributed by atoms with Crippen molar-refractivity contribution in [2.75, 3.05) is 7.11 Å². The lowest BCUT2D eigenvalue weighted by atomic mass is 10.1. The molecule has 0 saturated heterocycles. The molecule has 1 aromatic carbocycles. The van der Waals surface area contributed by atoms with E-state index in [1.807, 2.05) is 32.0 Å². The molecule has 4 aromatic rings. The molecule has 36 heavy (non-hydrogen) atoms. The lowest BCUT2D eigenvalue weighted by molar-refractivity contribution is -0.146. The number of aliphatic carboxylic acids is 1. The van der Waals surface area contributed by atoms with Gasteiger partial charge in [0.1, 0.15) is 28.5 Å². The summed E-state index contributed by atoms with van der Waals surface area (Å²) in [7, 11) is 1.54. The molecule has 190 valence electrons. The number of rotatable bonds is 9. The van der Waals surface area contributed by atoms with Crippen LogP contribution in [0, 0.1) is 0 Å². The van der Waals surface area contributed by atoms with Gasteiger partial charge in [0.2, 0.25) is 0 Å². The van der Waals surface area contributed by atoms with Gasteiger partial charge in [0, 0.05) is 5.56 Å². The Hall–Kier alpha value is -3.77. The van der Waals surface area contributed by atoms with Crippen molar-refractivity contribution < 1.29 is 23.8 Å².